The molecule has 1 unspecified atom stereocenters. The largest absolute Gasteiger partial charge is 0.492 e. The van der Waals surface area contributed by atoms with E-state index in [4.69, 9.17) is 9.47 Å². The topological polar surface area (TPSA) is 43.6 Å². The van der Waals surface area contributed by atoms with Crippen molar-refractivity contribution in [3.05, 3.63) is 66.4 Å². The highest BCUT2D eigenvalue weighted by molar-refractivity contribution is 5.79. The first-order chi connectivity index (χ1) is 12.3. The lowest BCUT2D eigenvalue weighted by molar-refractivity contribution is -0.0980. The number of para-hydroxylation sites is 1. The quantitative estimate of drug-likeness (QED) is 0.599. The molecular formula is C21H25NO3. The average molecular weight is 339 g/mol. The lowest BCUT2D eigenvalue weighted by atomic mass is 10.1. The Balaban J connectivity index is 1.47. The molecule has 0 bridgehead atoms. The summed E-state index contributed by atoms with van der Waals surface area (Å²) in [5, 5.41) is 10.8. The van der Waals surface area contributed by atoms with E-state index in [1.807, 2.05) is 31.2 Å². The molecule has 0 spiro atoms. The van der Waals surface area contributed by atoms with Crippen LogP contribution in [0.2, 0.25) is 0 Å². The molecule has 3 rings (SSSR count). The fourth-order valence-corrected chi connectivity index (χ4v) is 2.92. The molecule has 1 heterocycles. The van der Waals surface area contributed by atoms with Gasteiger partial charge < -0.3 is 19.1 Å². The maximum Gasteiger partial charge on any atom is 0.154 e. The number of rotatable bonds is 9. The lowest BCUT2D eigenvalue weighted by Crippen LogP contribution is -2.12. The van der Waals surface area contributed by atoms with E-state index in [1.54, 1.807) is 0 Å². The zero-order chi connectivity index (χ0) is 17.5. The standard InChI is InChI=1S/C21H25NO3/c1-2-24-21(23)12-9-17-7-10-19(11-8-17)25-16-15-22-14-13-18-5-3-4-6-20(18)22/h3-8,10-11,13-14,21,23H,2,9,12,15-16H2,1H3. The van der Waals surface area contributed by atoms with Gasteiger partial charge in [-0.15, -0.1) is 0 Å². The zero-order valence-electron chi connectivity index (χ0n) is 14.6. The van der Waals surface area contributed by atoms with Crippen molar-refractivity contribution in [1.29, 1.82) is 0 Å². The Kier molecular flexibility index (Phi) is 6.09. The van der Waals surface area contributed by atoms with Crippen LogP contribution in [0.25, 0.3) is 10.9 Å². The van der Waals surface area contributed by atoms with E-state index in [9.17, 15) is 5.11 Å². The van der Waals surface area contributed by atoms with Crippen LogP contribution in [-0.2, 0) is 17.7 Å². The molecule has 4 heteroatoms. The van der Waals surface area contributed by atoms with Crippen LogP contribution in [0.4, 0.5) is 0 Å². The van der Waals surface area contributed by atoms with Crippen LogP contribution in [0.3, 0.4) is 0 Å². The van der Waals surface area contributed by atoms with Crippen molar-refractivity contribution in [2.45, 2.75) is 32.6 Å². The summed E-state index contributed by atoms with van der Waals surface area (Å²) in [6.07, 6.45) is 2.81. The third kappa shape index (κ3) is 4.84. The molecular weight excluding hydrogens is 314 g/mol. The molecule has 132 valence electrons. The SMILES string of the molecule is CCOC(O)CCc1ccc(OCCn2ccc3ccccc32)cc1. The van der Waals surface area contributed by atoms with Crippen LogP contribution in [0.15, 0.2) is 60.8 Å². The predicted molar refractivity (Wildman–Crippen MR) is 99.8 cm³/mol. The van der Waals surface area contributed by atoms with Crippen LogP contribution in [0.5, 0.6) is 5.75 Å². The van der Waals surface area contributed by atoms with Crippen molar-refractivity contribution < 1.29 is 14.6 Å². The van der Waals surface area contributed by atoms with Gasteiger partial charge in [0.2, 0.25) is 0 Å². The monoisotopic (exact) mass is 339 g/mol. The maximum absolute atomic E-state index is 9.60. The second-order valence-corrected chi connectivity index (χ2v) is 6.01. The van der Waals surface area contributed by atoms with Gasteiger partial charge in [-0.2, -0.15) is 0 Å². The summed E-state index contributed by atoms with van der Waals surface area (Å²) < 4.78 is 13.2. The van der Waals surface area contributed by atoms with Gasteiger partial charge in [-0.1, -0.05) is 30.3 Å². The normalized spacial score (nSPS) is 12.4. The summed E-state index contributed by atoms with van der Waals surface area (Å²) in [6.45, 7) is 3.85. The number of aliphatic hydroxyl groups is 1. The molecule has 0 aliphatic rings. The van der Waals surface area contributed by atoms with E-state index in [-0.39, 0.29) is 0 Å². The molecule has 0 aliphatic heterocycles. The van der Waals surface area contributed by atoms with Crippen molar-refractivity contribution in [3.8, 4) is 5.75 Å². The van der Waals surface area contributed by atoms with Crippen molar-refractivity contribution in [3.63, 3.8) is 0 Å². The summed E-state index contributed by atoms with van der Waals surface area (Å²) in [5.41, 5.74) is 2.40. The number of aliphatic hydroxyl groups excluding tert-OH is 1. The Morgan fingerprint density at radius 3 is 2.64 bits per heavy atom. The fourth-order valence-electron chi connectivity index (χ4n) is 2.92. The number of nitrogens with zero attached hydrogens (tertiary/aromatic N) is 1. The van der Waals surface area contributed by atoms with E-state index >= 15 is 0 Å². The molecule has 25 heavy (non-hydrogen) atoms. The molecule has 0 aliphatic carbocycles. The number of hydrogen-bond acceptors (Lipinski definition) is 3. The van der Waals surface area contributed by atoms with E-state index in [0.29, 0.717) is 19.6 Å². The molecule has 0 radical (unpaired) electrons. The van der Waals surface area contributed by atoms with Crippen molar-refractivity contribution in [2.75, 3.05) is 13.2 Å². The van der Waals surface area contributed by atoms with Gasteiger partial charge in [0.1, 0.15) is 12.4 Å². The first-order valence-electron chi connectivity index (χ1n) is 8.81. The smallest absolute Gasteiger partial charge is 0.154 e. The molecule has 3 aromatic rings. The molecule has 4 nitrogen and oxygen atoms in total. The maximum atomic E-state index is 9.60. The number of ether oxygens (including phenoxy) is 2. The van der Waals surface area contributed by atoms with Crippen LogP contribution < -0.4 is 4.74 Å². The molecule has 0 amide bonds. The third-order valence-corrected chi connectivity index (χ3v) is 4.24. The third-order valence-electron chi connectivity index (χ3n) is 4.24. The Labute approximate surface area is 148 Å². The number of aryl methyl sites for hydroxylation is 1. The van der Waals surface area contributed by atoms with Crippen molar-refractivity contribution >= 4 is 10.9 Å². The first kappa shape index (κ1) is 17.5. The molecule has 0 fully saturated rings. The summed E-state index contributed by atoms with van der Waals surface area (Å²) >= 11 is 0. The summed E-state index contributed by atoms with van der Waals surface area (Å²) in [6, 6.07) is 18.5. The minimum absolute atomic E-state index is 0.532. The molecule has 1 aromatic heterocycles. The minimum Gasteiger partial charge on any atom is -0.492 e. The van der Waals surface area contributed by atoms with E-state index in [0.717, 1.165) is 18.7 Å². The van der Waals surface area contributed by atoms with Crippen LogP contribution in [0, 0.1) is 0 Å². The Morgan fingerprint density at radius 1 is 1.04 bits per heavy atom. The lowest BCUT2D eigenvalue weighted by Gasteiger charge is -2.11. The van der Waals surface area contributed by atoms with Crippen LogP contribution in [0.1, 0.15) is 18.9 Å². The van der Waals surface area contributed by atoms with Gasteiger partial charge in [0.05, 0.1) is 6.54 Å². The first-order valence-corrected chi connectivity index (χ1v) is 8.81. The molecule has 1 atom stereocenters. The van der Waals surface area contributed by atoms with Gasteiger partial charge in [-0.25, -0.2) is 0 Å². The number of aromatic nitrogens is 1. The summed E-state index contributed by atoms with van der Waals surface area (Å²) in [7, 11) is 0. The highest BCUT2D eigenvalue weighted by Gasteiger charge is 2.04. The fraction of sp³-hybridized carbons (Fsp3) is 0.333. The van der Waals surface area contributed by atoms with Crippen LogP contribution in [-0.4, -0.2) is 29.2 Å². The van der Waals surface area contributed by atoms with E-state index in [1.165, 1.54) is 16.5 Å². The van der Waals surface area contributed by atoms with Gasteiger partial charge in [0.25, 0.3) is 0 Å². The van der Waals surface area contributed by atoms with Gasteiger partial charge in [0, 0.05) is 24.7 Å². The second-order valence-electron chi connectivity index (χ2n) is 6.01. The summed E-state index contributed by atoms with van der Waals surface area (Å²) in [4.78, 5) is 0. The molecule has 2 aromatic carbocycles. The minimum atomic E-state index is -0.683. The van der Waals surface area contributed by atoms with Gasteiger partial charge >= 0.3 is 0 Å². The average Bonchev–Trinajstić information content (AvgIpc) is 3.05. The molecule has 0 saturated carbocycles. The highest BCUT2D eigenvalue weighted by atomic mass is 16.6. The van der Waals surface area contributed by atoms with E-state index in [2.05, 4.69) is 41.1 Å². The van der Waals surface area contributed by atoms with Gasteiger partial charge in [-0.05, 0) is 48.6 Å². The molecule has 0 saturated heterocycles. The Morgan fingerprint density at radius 2 is 1.84 bits per heavy atom. The zero-order valence-corrected chi connectivity index (χ0v) is 14.6. The highest BCUT2D eigenvalue weighted by Crippen LogP contribution is 2.17. The van der Waals surface area contributed by atoms with E-state index < -0.39 is 6.29 Å². The van der Waals surface area contributed by atoms with Crippen LogP contribution >= 0.6 is 0 Å². The number of fused-ring (bicyclic) bond motifs is 1. The number of hydrogen-bond donors (Lipinski definition) is 1. The predicted octanol–water partition coefficient (Wildman–Crippen LogP) is 4.01. The van der Waals surface area contributed by atoms with Gasteiger partial charge in [-0.3, -0.25) is 0 Å². The summed E-state index contributed by atoms with van der Waals surface area (Å²) in [5.74, 6) is 0.866. The van der Waals surface area contributed by atoms with Crippen molar-refractivity contribution in [2.24, 2.45) is 0 Å². The van der Waals surface area contributed by atoms with Crippen molar-refractivity contribution in [1.82, 2.24) is 4.57 Å². The Hall–Kier alpha value is -2.30. The number of benzene rings is 2. The second kappa shape index (κ2) is 8.70. The Bertz CT molecular complexity index is 779. The molecule has 1 N–H and O–H groups in total. The van der Waals surface area contributed by atoms with Gasteiger partial charge in [0.15, 0.2) is 6.29 Å².